The Hall–Kier alpha value is -1.64. The second-order valence-corrected chi connectivity index (χ2v) is 4.67. The highest BCUT2D eigenvalue weighted by Crippen LogP contribution is 2.25. The van der Waals surface area contributed by atoms with Crippen molar-refractivity contribution in [2.45, 2.75) is 0 Å². The third-order valence-electron chi connectivity index (χ3n) is 2.49. The van der Waals surface area contributed by atoms with Gasteiger partial charge in [-0.05, 0) is 23.8 Å². The van der Waals surface area contributed by atoms with Gasteiger partial charge in [-0.25, -0.2) is 4.39 Å². The van der Waals surface area contributed by atoms with E-state index in [4.69, 9.17) is 23.2 Å². The van der Waals surface area contributed by atoms with Crippen LogP contribution in [0.3, 0.4) is 0 Å². The highest BCUT2D eigenvalue weighted by atomic mass is 35.5. The van der Waals surface area contributed by atoms with Gasteiger partial charge >= 0.3 is 0 Å². The molecule has 0 heterocycles. The van der Waals surface area contributed by atoms with Gasteiger partial charge in [0.2, 0.25) is 0 Å². The third kappa shape index (κ3) is 3.43. The van der Waals surface area contributed by atoms with E-state index in [1.54, 1.807) is 6.08 Å². The minimum atomic E-state index is -0.703. The number of halogens is 3. The fraction of sp³-hybridized carbons (Fsp3) is 0. The van der Waals surface area contributed by atoms with E-state index < -0.39 is 11.6 Å². The maximum Gasteiger partial charge on any atom is 0.187 e. The minimum absolute atomic E-state index is 0.0545. The molecule has 0 amide bonds. The largest absolute Gasteiger partial charge is 0.289 e. The van der Waals surface area contributed by atoms with Crippen LogP contribution in [0.5, 0.6) is 0 Å². The minimum Gasteiger partial charge on any atom is -0.289 e. The van der Waals surface area contributed by atoms with Gasteiger partial charge in [0.15, 0.2) is 5.78 Å². The highest BCUT2D eigenvalue weighted by molar-refractivity contribution is 6.36. The number of rotatable bonds is 3. The van der Waals surface area contributed by atoms with E-state index >= 15 is 0 Å². The molecule has 1 nitrogen and oxygen atoms in total. The fourth-order valence-electron chi connectivity index (χ4n) is 1.56. The Balaban J connectivity index is 2.28. The molecule has 0 N–H and O–H groups in total. The summed E-state index contributed by atoms with van der Waals surface area (Å²) in [4.78, 5) is 11.9. The molecule has 0 radical (unpaired) electrons. The van der Waals surface area contributed by atoms with Crippen LogP contribution in [-0.4, -0.2) is 5.78 Å². The van der Waals surface area contributed by atoms with Gasteiger partial charge in [-0.15, -0.1) is 0 Å². The Morgan fingerprint density at radius 2 is 1.79 bits per heavy atom. The summed E-state index contributed by atoms with van der Waals surface area (Å²) in [5, 5.41) is -0.0783. The molecule has 0 aliphatic rings. The molecular formula is C15H9Cl2FO. The number of carbonyl (C=O) groups excluding carboxylic acids is 1. The molecule has 0 bridgehead atoms. The van der Waals surface area contributed by atoms with Gasteiger partial charge < -0.3 is 0 Å². The first-order valence-electron chi connectivity index (χ1n) is 5.50. The molecule has 0 atom stereocenters. The molecule has 2 rings (SSSR count). The number of benzene rings is 2. The van der Waals surface area contributed by atoms with Crippen LogP contribution in [0.4, 0.5) is 4.39 Å². The Kier molecular flexibility index (Phi) is 4.35. The Morgan fingerprint density at radius 1 is 1.11 bits per heavy atom. The van der Waals surface area contributed by atoms with Crippen molar-refractivity contribution in [3.8, 4) is 0 Å². The SMILES string of the molecule is O=C(C=Cc1ccccc1)c1cc(Cl)cc(F)c1Cl. The van der Waals surface area contributed by atoms with Gasteiger partial charge in [0.1, 0.15) is 5.82 Å². The van der Waals surface area contributed by atoms with Crippen molar-refractivity contribution in [2.75, 3.05) is 0 Å². The molecule has 96 valence electrons. The average Bonchev–Trinajstić information content (AvgIpc) is 2.41. The standard InChI is InChI=1S/C15H9Cl2FO/c16-11-8-12(15(17)13(18)9-11)14(19)7-6-10-4-2-1-3-5-10/h1-9H. The lowest BCUT2D eigenvalue weighted by molar-refractivity contribution is 0.104. The summed E-state index contributed by atoms with van der Waals surface area (Å²) in [6, 6.07) is 11.7. The quantitative estimate of drug-likeness (QED) is 0.441. The van der Waals surface area contributed by atoms with Gasteiger partial charge in [-0.1, -0.05) is 59.6 Å². The van der Waals surface area contributed by atoms with Crippen molar-refractivity contribution in [2.24, 2.45) is 0 Å². The van der Waals surface area contributed by atoms with Gasteiger partial charge in [0.25, 0.3) is 0 Å². The first-order valence-corrected chi connectivity index (χ1v) is 6.25. The highest BCUT2D eigenvalue weighted by Gasteiger charge is 2.13. The van der Waals surface area contributed by atoms with E-state index in [2.05, 4.69) is 0 Å². The predicted molar refractivity (Wildman–Crippen MR) is 76.2 cm³/mol. The van der Waals surface area contributed by atoms with Gasteiger partial charge in [0, 0.05) is 10.6 Å². The fourth-order valence-corrected chi connectivity index (χ4v) is 1.97. The first kappa shape index (κ1) is 13.8. The molecule has 0 spiro atoms. The smallest absolute Gasteiger partial charge is 0.187 e. The van der Waals surface area contributed by atoms with Crippen LogP contribution in [0.1, 0.15) is 15.9 Å². The van der Waals surface area contributed by atoms with E-state index in [0.29, 0.717) is 0 Å². The summed E-state index contributed by atoms with van der Waals surface area (Å²) in [7, 11) is 0. The second kappa shape index (κ2) is 6.00. The lowest BCUT2D eigenvalue weighted by Crippen LogP contribution is -1.97. The number of hydrogen-bond donors (Lipinski definition) is 0. The molecule has 0 aliphatic heterocycles. The van der Waals surface area contributed by atoms with Crippen LogP contribution in [0.25, 0.3) is 6.08 Å². The van der Waals surface area contributed by atoms with Crippen LogP contribution in [-0.2, 0) is 0 Å². The maximum atomic E-state index is 13.4. The zero-order chi connectivity index (χ0) is 13.8. The monoisotopic (exact) mass is 294 g/mol. The van der Waals surface area contributed by atoms with E-state index in [-0.39, 0.29) is 15.6 Å². The summed E-state index contributed by atoms with van der Waals surface area (Å²) in [6.07, 6.45) is 2.98. The normalized spacial score (nSPS) is 10.9. The van der Waals surface area contributed by atoms with Crippen molar-refractivity contribution in [1.29, 1.82) is 0 Å². The van der Waals surface area contributed by atoms with Crippen LogP contribution in [0, 0.1) is 5.82 Å². The van der Waals surface area contributed by atoms with Crippen molar-refractivity contribution in [3.05, 3.63) is 75.5 Å². The predicted octanol–water partition coefficient (Wildman–Crippen LogP) is 5.03. The number of hydrogen-bond acceptors (Lipinski definition) is 1. The van der Waals surface area contributed by atoms with E-state index in [1.165, 1.54) is 12.1 Å². The van der Waals surface area contributed by atoms with E-state index in [9.17, 15) is 9.18 Å². The molecule has 0 saturated carbocycles. The molecular weight excluding hydrogens is 286 g/mol. The summed E-state index contributed by atoms with van der Waals surface area (Å²) >= 11 is 11.5. The van der Waals surface area contributed by atoms with Crippen LogP contribution in [0.2, 0.25) is 10.0 Å². The zero-order valence-corrected chi connectivity index (χ0v) is 11.3. The molecule has 4 heteroatoms. The lowest BCUT2D eigenvalue weighted by Gasteiger charge is -2.02. The van der Waals surface area contributed by atoms with Crippen molar-refractivity contribution >= 4 is 35.1 Å². The Morgan fingerprint density at radius 3 is 2.47 bits per heavy atom. The number of carbonyl (C=O) groups is 1. The third-order valence-corrected chi connectivity index (χ3v) is 3.09. The maximum absolute atomic E-state index is 13.4. The number of ketones is 1. The summed E-state index contributed by atoms with van der Waals surface area (Å²) in [5.74, 6) is -1.10. The Bertz CT molecular complexity index is 636. The second-order valence-electron chi connectivity index (χ2n) is 3.86. The summed E-state index contributed by atoms with van der Waals surface area (Å²) in [5.41, 5.74) is 0.924. The van der Waals surface area contributed by atoms with E-state index in [1.807, 2.05) is 30.3 Å². The molecule has 2 aromatic rings. The van der Waals surface area contributed by atoms with Gasteiger partial charge in [-0.2, -0.15) is 0 Å². The first-order chi connectivity index (χ1) is 9.08. The van der Waals surface area contributed by atoms with Crippen LogP contribution >= 0.6 is 23.2 Å². The zero-order valence-electron chi connectivity index (χ0n) is 9.74. The summed E-state index contributed by atoms with van der Waals surface area (Å²) in [6.45, 7) is 0. The topological polar surface area (TPSA) is 17.1 Å². The molecule has 2 aromatic carbocycles. The molecule has 0 fully saturated rings. The Labute approximate surface area is 120 Å². The van der Waals surface area contributed by atoms with Crippen LogP contribution in [0.15, 0.2) is 48.5 Å². The van der Waals surface area contributed by atoms with E-state index in [0.717, 1.165) is 11.6 Å². The van der Waals surface area contributed by atoms with Gasteiger partial charge in [-0.3, -0.25) is 4.79 Å². The van der Waals surface area contributed by atoms with Crippen LogP contribution < -0.4 is 0 Å². The summed E-state index contributed by atoms with van der Waals surface area (Å²) < 4.78 is 13.4. The number of allylic oxidation sites excluding steroid dienone is 1. The van der Waals surface area contributed by atoms with Crippen molar-refractivity contribution in [1.82, 2.24) is 0 Å². The van der Waals surface area contributed by atoms with Gasteiger partial charge in [0.05, 0.1) is 5.02 Å². The van der Waals surface area contributed by atoms with Crippen molar-refractivity contribution < 1.29 is 9.18 Å². The molecule has 19 heavy (non-hydrogen) atoms. The van der Waals surface area contributed by atoms with Crippen molar-refractivity contribution in [3.63, 3.8) is 0 Å². The molecule has 0 aromatic heterocycles. The average molecular weight is 295 g/mol. The molecule has 0 saturated heterocycles. The molecule has 0 unspecified atom stereocenters. The molecule has 0 aliphatic carbocycles. The lowest BCUT2D eigenvalue weighted by atomic mass is 10.1.